The van der Waals surface area contributed by atoms with Crippen molar-refractivity contribution in [3.8, 4) is 0 Å². The summed E-state index contributed by atoms with van der Waals surface area (Å²) in [4.78, 5) is 42.0. The molecule has 2 atom stereocenters. The van der Waals surface area contributed by atoms with Gasteiger partial charge in [-0.1, -0.05) is 85.5 Å². The van der Waals surface area contributed by atoms with Gasteiger partial charge in [0.15, 0.2) is 0 Å². The SMILES string of the molecule is C=CCOC(=O)[C@]1(c2ccccc2)CCC(C(=O)N2CCC(NC(=O)c3ccccc3)CC2)c2ccccc21. The van der Waals surface area contributed by atoms with Gasteiger partial charge in [0.1, 0.15) is 12.0 Å². The number of ether oxygens (including phenoxy) is 1. The summed E-state index contributed by atoms with van der Waals surface area (Å²) in [5.74, 6) is -0.652. The van der Waals surface area contributed by atoms with Crippen LogP contribution in [0.2, 0.25) is 0 Å². The third-order valence-electron chi connectivity index (χ3n) is 8.03. The Morgan fingerprint density at radius 2 is 1.54 bits per heavy atom. The van der Waals surface area contributed by atoms with E-state index in [1.807, 2.05) is 77.7 Å². The number of carbonyl (C=O) groups is 3. The number of piperidine rings is 1. The monoisotopic (exact) mass is 522 g/mol. The molecular weight excluding hydrogens is 488 g/mol. The number of fused-ring (bicyclic) bond motifs is 1. The number of benzene rings is 3. The maximum absolute atomic E-state index is 13.9. The molecule has 1 aliphatic heterocycles. The van der Waals surface area contributed by atoms with Crippen LogP contribution in [-0.4, -0.2) is 48.4 Å². The first-order valence-electron chi connectivity index (χ1n) is 13.6. The molecule has 2 aliphatic rings. The summed E-state index contributed by atoms with van der Waals surface area (Å²) in [5.41, 5.74) is 2.25. The Balaban J connectivity index is 1.34. The number of rotatable bonds is 7. The van der Waals surface area contributed by atoms with Gasteiger partial charge in [0.2, 0.25) is 5.91 Å². The minimum atomic E-state index is -0.980. The molecule has 1 N–H and O–H groups in total. The Morgan fingerprint density at radius 1 is 0.897 bits per heavy atom. The second kappa shape index (κ2) is 11.7. The molecule has 1 fully saturated rings. The molecule has 0 saturated carbocycles. The van der Waals surface area contributed by atoms with E-state index in [1.54, 1.807) is 18.2 Å². The fourth-order valence-corrected chi connectivity index (χ4v) is 6.03. The molecule has 3 aromatic carbocycles. The summed E-state index contributed by atoms with van der Waals surface area (Å²) >= 11 is 0. The van der Waals surface area contributed by atoms with Crippen molar-refractivity contribution in [1.82, 2.24) is 10.2 Å². The minimum absolute atomic E-state index is 0.0331. The van der Waals surface area contributed by atoms with Crippen molar-refractivity contribution in [2.75, 3.05) is 19.7 Å². The van der Waals surface area contributed by atoms with E-state index in [0.717, 1.165) is 16.7 Å². The molecule has 1 heterocycles. The molecule has 1 aliphatic carbocycles. The molecule has 39 heavy (non-hydrogen) atoms. The highest BCUT2D eigenvalue weighted by atomic mass is 16.5. The summed E-state index contributed by atoms with van der Waals surface area (Å²) in [6.45, 7) is 4.99. The van der Waals surface area contributed by atoms with Gasteiger partial charge in [0, 0.05) is 24.7 Å². The molecule has 6 heteroatoms. The molecule has 1 saturated heterocycles. The molecule has 3 aromatic rings. The fraction of sp³-hybridized carbons (Fsp3) is 0.303. The molecule has 0 aromatic heterocycles. The molecule has 0 radical (unpaired) electrons. The number of carbonyl (C=O) groups excluding carboxylic acids is 3. The van der Waals surface area contributed by atoms with Crippen LogP contribution in [0.3, 0.4) is 0 Å². The molecule has 2 amide bonds. The minimum Gasteiger partial charge on any atom is -0.461 e. The summed E-state index contributed by atoms with van der Waals surface area (Å²) in [7, 11) is 0. The molecule has 1 unspecified atom stereocenters. The predicted octanol–water partition coefficient (Wildman–Crippen LogP) is 5.00. The summed E-state index contributed by atoms with van der Waals surface area (Å²) in [5, 5.41) is 3.11. The van der Waals surface area contributed by atoms with Crippen LogP contribution in [0, 0.1) is 0 Å². The van der Waals surface area contributed by atoms with E-state index in [1.165, 1.54) is 0 Å². The number of nitrogens with zero attached hydrogens (tertiary/aromatic N) is 1. The predicted molar refractivity (Wildman–Crippen MR) is 150 cm³/mol. The molecule has 0 spiro atoms. The zero-order chi connectivity index (χ0) is 27.2. The van der Waals surface area contributed by atoms with E-state index in [4.69, 9.17) is 4.74 Å². The van der Waals surface area contributed by atoms with E-state index in [0.29, 0.717) is 44.3 Å². The Kier molecular flexibility index (Phi) is 7.92. The lowest BCUT2D eigenvalue weighted by molar-refractivity contribution is -0.149. The Morgan fingerprint density at radius 3 is 2.23 bits per heavy atom. The Bertz CT molecular complexity index is 1330. The highest BCUT2D eigenvalue weighted by Gasteiger charge is 2.50. The summed E-state index contributed by atoms with van der Waals surface area (Å²) in [6, 6.07) is 26.7. The molecule has 6 nitrogen and oxygen atoms in total. The van der Waals surface area contributed by atoms with Gasteiger partial charge >= 0.3 is 5.97 Å². The molecule has 0 bridgehead atoms. The maximum Gasteiger partial charge on any atom is 0.321 e. The lowest BCUT2D eigenvalue weighted by Gasteiger charge is -2.42. The lowest BCUT2D eigenvalue weighted by atomic mass is 9.63. The van der Waals surface area contributed by atoms with E-state index < -0.39 is 5.41 Å². The highest BCUT2D eigenvalue weighted by molar-refractivity contribution is 5.94. The Hall–Kier alpha value is -4.19. The van der Waals surface area contributed by atoms with E-state index in [-0.39, 0.29) is 36.4 Å². The quantitative estimate of drug-likeness (QED) is 0.350. The van der Waals surface area contributed by atoms with Crippen LogP contribution in [0.15, 0.2) is 97.6 Å². The van der Waals surface area contributed by atoms with Crippen LogP contribution in [-0.2, 0) is 19.7 Å². The van der Waals surface area contributed by atoms with Crippen LogP contribution in [0.5, 0.6) is 0 Å². The van der Waals surface area contributed by atoms with E-state index in [2.05, 4.69) is 11.9 Å². The molecule has 5 rings (SSSR count). The first kappa shape index (κ1) is 26.4. The molecule has 200 valence electrons. The van der Waals surface area contributed by atoms with Crippen LogP contribution in [0.25, 0.3) is 0 Å². The number of esters is 1. The highest BCUT2D eigenvalue weighted by Crippen LogP contribution is 2.48. The van der Waals surface area contributed by atoms with Crippen molar-refractivity contribution < 1.29 is 19.1 Å². The summed E-state index contributed by atoms with van der Waals surface area (Å²) in [6.07, 6.45) is 4.01. The van der Waals surface area contributed by atoms with Crippen molar-refractivity contribution in [2.24, 2.45) is 0 Å². The van der Waals surface area contributed by atoms with Gasteiger partial charge in [-0.15, -0.1) is 0 Å². The second-order valence-corrected chi connectivity index (χ2v) is 10.3. The Labute approximate surface area is 229 Å². The van der Waals surface area contributed by atoms with Crippen molar-refractivity contribution in [3.63, 3.8) is 0 Å². The van der Waals surface area contributed by atoms with Gasteiger partial charge in [0.05, 0.1) is 5.92 Å². The first-order chi connectivity index (χ1) is 19.0. The maximum atomic E-state index is 13.9. The van der Waals surface area contributed by atoms with E-state index in [9.17, 15) is 14.4 Å². The summed E-state index contributed by atoms with van der Waals surface area (Å²) < 4.78 is 5.65. The van der Waals surface area contributed by atoms with Gasteiger partial charge in [-0.2, -0.15) is 0 Å². The van der Waals surface area contributed by atoms with Crippen molar-refractivity contribution >= 4 is 17.8 Å². The third kappa shape index (κ3) is 5.24. The van der Waals surface area contributed by atoms with Crippen molar-refractivity contribution in [2.45, 2.75) is 43.1 Å². The number of nitrogens with one attached hydrogen (secondary N) is 1. The number of hydrogen-bond acceptors (Lipinski definition) is 4. The van der Waals surface area contributed by atoms with Gasteiger partial charge < -0.3 is 15.0 Å². The second-order valence-electron chi connectivity index (χ2n) is 10.3. The first-order valence-corrected chi connectivity index (χ1v) is 13.6. The zero-order valence-corrected chi connectivity index (χ0v) is 22.1. The molecular formula is C33H34N2O4. The van der Waals surface area contributed by atoms with Crippen LogP contribution >= 0.6 is 0 Å². The van der Waals surface area contributed by atoms with Crippen molar-refractivity contribution in [1.29, 1.82) is 0 Å². The number of amides is 2. The van der Waals surface area contributed by atoms with Gasteiger partial charge in [0.25, 0.3) is 5.91 Å². The topological polar surface area (TPSA) is 75.7 Å². The zero-order valence-electron chi connectivity index (χ0n) is 22.1. The van der Waals surface area contributed by atoms with Crippen molar-refractivity contribution in [3.05, 3.63) is 120 Å². The fourth-order valence-electron chi connectivity index (χ4n) is 6.03. The van der Waals surface area contributed by atoms with Crippen LogP contribution < -0.4 is 5.32 Å². The van der Waals surface area contributed by atoms with Gasteiger partial charge in [-0.25, -0.2) is 0 Å². The van der Waals surface area contributed by atoms with Gasteiger partial charge in [-0.3, -0.25) is 14.4 Å². The number of likely N-dealkylation sites (tertiary alicyclic amines) is 1. The average Bonchev–Trinajstić information content (AvgIpc) is 3.00. The van der Waals surface area contributed by atoms with E-state index >= 15 is 0 Å². The van der Waals surface area contributed by atoms with Crippen LogP contribution in [0.4, 0.5) is 0 Å². The number of hydrogen-bond donors (Lipinski definition) is 1. The van der Waals surface area contributed by atoms with Crippen LogP contribution in [0.1, 0.15) is 58.6 Å². The third-order valence-corrected chi connectivity index (χ3v) is 8.03. The van der Waals surface area contributed by atoms with Gasteiger partial charge in [-0.05, 0) is 54.5 Å². The average molecular weight is 523 g/mol. The largest absolute Gasteiger partial charge is 0.461 e. The normalized spacial score (nSPS) is 20.9. The lowest BCUT2D eigenvalue weighted by Crippen LogP contribution is -2.49. The standard InChI is InChI=1S/C33H34N2O4/c1-2-23-39-32(38)33(25-13-7-4-8-14-25)20-17-28(27-15-9-10-16-29(27)33)31(37)35-21-18-26(19-22-35)34-30(36)24-11-5-3-6-12-24/h2-16,26,28H,1,17-23H2,(H,34,36)/t28?,33-/m0/s1. The smallest absolute Gasteiger partial charge is 0.321 e.